The van der Waals surface area contributed by atoms with Crippen LogP contribution in [-0.2, 0) is 22.6 Å². The van der Waals surface area contributed by atoms with E-state index in [1.54, 1.807) is 20.8 Å². The highest BCUT2D eigenvalue weighted by Crippen LogP contribution is 2.29. The third kappa shape index (κ3) is 7.64. The average Bonchev–Trinajstić information content (AvgIpc) is 3.38. The zero-order valence-corrected chi connectivity index (χ0v) is 20.8. The third-order valence-electron chi connectivity index (χ3n) is 4.65. The van der Waals surface area contributed by atoms with Gasteiger partial charge in [0.2, 0.25) is 5.91 Å². The van der Waals surface area contributed by atoms with Gasteiger partial charge in [0.15, 0.2) is 0 Å². The molecule has 0 radical (unpaired) electrons. The summed E-state index contributed by atoms with van der Waals surface area (Å²) in [6.07, 6.45) is 1.04. The van der Waals surface area contributed by atoms with Gasteiger partial charge in [0.05, 0.1) is 19.4 Å². The molecule has 186 valence electrons. The molecule has 0 aliphatic rings. The normalized spacial score (nSPS) is 11.9. The van der Waals surface area contributed by atoms with Crippen LogP contribution in [0.2, 0.25) is 0 Å². The largest absolute Gasteiger partial charge is 0.445 e. The Hall–Kier alpha value is -3.73. The molecule has 0 unspecified atom stereocenters. The van der Waals surface area contributed by atoms with Crippen molar-refractivity contribution in [3.05, 3.63) is 70.0 Å². The van der Waals surface area contributed by atoms with Gasteiger partial charge >= 0.3 is 11.8 Å². The fourth-order valence-corrected chi connectivity index (χ4v) is 4.11. The molecule has 2 aromatic heterocycles. The van der Waals surface area contributed by atoms with Gasteiger partial charge in [0.1, 0.15) is 12.9 Å². The number of carbonyl (C=O) groups is 2. The SMILES string of the molecule is CC(=O)Nc1ccc(-c2ccc(Cn3cnn(C/C(=C/F)COC(=O)NC(C)(C)C)c3=O)s2)cc1. The van der Waals surface area contributed by atoms with Crippen molar-refractivity contribution in [2.24, 2.45) is 0 Å². The van der Waals surface area contributed by atoms with E-state index in [1.807, 2.05) is 36.4 Å². The van der Waals surface area contributed by atoms with Crippen LogP contribution < -0.4 is 16.3 Å². The second-order valence-corrected chi connectivity index (χ2v) is 10.1. The smallest absolute Gasteiger partial charge is 0.407 e. The molecule has 9 nitrogen and oxygen atoms in total. The monoisotopic (exact) mass is 501 g/mol. The highest BCUT2D eigenvalue weighted by Gasteiger charge is 2.16. The Labute approximate surface area is 206 Å². The van der Waals surface area contributed by atoms with Crippen molar-refractivity contribution in [1.82, 2.24) is 19.7 Å². The fraction of sp³-hybridized carbons (Fsp3) is 0.333. The van der Waals surface area contributed by atoms with Crippen LogP contribution in [0.15, 0.2) is 59.4 Å². The van der Waals surface area contributed by atoms with Crippen LogP contribution in [0.3, 0.4) is 0 Å². The van der Waals surface area contributed by atoms with E-state index in [9.17, 15) is 18.8 Å². The number of benzene rings is 1. The molecular formula is C24H28FN5O4S. The number of rotatable bonds is 8. The van der Waals surface area contributed by atoms with Gasteiger partial charge < -0.3 is 15.4 Å². The van der Waals surface area contributed by atoms with Crippen molar-refractivity contribution < 1.29 is 18.7 Å². The Kier molecular flexibility index (Phi) is 8.23. The van der Waals surface area contributed by atoms with Gasteiger partial charge in [-0.05, 0) is 50.6 Å². The number of aromatic nitrogens is 3. The maximum absolute atomic E-state index is 13.3. The van der Waals surface area contributed by atoms with Gasteiger partial charge in [0, 0.05) is 33.5 Å². The van der Waals surface area contributed by atoms with Crippen LogP contribution in [-0.4, -0.2) is 38.5 Å². The van der Waals surface area contributed by atoms with Gasteiger partial charge in [-0.1, -0.05) is 12.1 Å². The number of alkyl carbamates (subject to hydrolysis) is 1. The number of halogens is 1. The first-order valence-corrected chi connectivity index (χ1v) is 11.7. The predicted molar refractivity (Wildman–Crippen MR) is 133 cm³/mol. The van der Waals surface area contributed by atoms with Crippen LogP contribution in [0.5, 0.6) is 0 Å². The molecule has 3 rings (SSSR count). The molecule has 0 fully saturated rings. The zero-order chi connectivity index (χ0) is 25.6. The number of nitrogens with zero attached hydrogens (tertiary/aromatic N) is 3. The number of amides is 2. The molecule has 0 atom stereocenters. The molecule has 0 bridgehead atoms. The Balaban J connectivity index is 1.61. The lowest BCUT2D eigenvalue weighted by Crippen LogP contribution is -2.41. The van der Waals surface area contributed by atoms with Crippen molar-refractivity contribution in [1.29, 1.82) is 0 Å². The minimum absolute atomic E-state index is 0.0996. The average molecular weight is 502 g/mol. The molecule has 2 N–H and O–H groups in total. The summed E-state index contributed by atoms with van der Waals surface area (Å²) in [5.41, 5.74) is 0.927. The van der Waals surface area contributed by atoms with E-state index in [0.717, 1.165) is 25.7 Å². The lowest BCUT2D eigenvalue weighted by Gasteiger charge is -2.20. The molecular weight excluding hydrogens is 473 g/mol. The Morgan fingerprint density at radius 1 is 1.17 bits per heavy atom. The summed E-state index contributed by atoms with van der Waals surface area (Å²) in [6, 6.07) is 11.4. The van der Waals surface area contributed by atoms with Crippen molar-refractivity contribution in [2.45, 2.75) is 46.3 Å². The molecule has 0 saturated carbocycles. The summed E-state index contributed by atoms with van der Waals surface area (Å²) in [4.78, 5) is 37.6. The summed E-state index contributed by atoms with van der Waals surface area (Å²) >= 11 is 1.53. The summed E-state index contributed by atoms with van der Waals surface area (Å²) in [5.74, 6) is -0.130. The van der Waals surface area contributed by atoms with Crippen LogP contribution in [0.4, 0.5) is 14.9 Å². The number of nitrogens with one attached hydrogen (secondary N) is 2. The molecule has 0 aliphatic carbocycles. The number of anilines is 1. The second kappa shape index (κ2) is 11.1. The van der Waals surface area contributed by atoms with Crippen LogP contribution in [0.1, 0.15) is 32.6 Å². The van der Waals surface area contributed by atoms with Crippen LogP contribution in [0, 0.1) is 0 Å². The maximum Gasteiger partial charge on any atom is 0.407 e. The van der Waals surface area contributed by atoms with Crippen molar-refractivity contribution in [2.75, 3.05) is 11.9 Å². The molecule has 2 amide bonds. The van der Waals surface area contributed by atoms with E-state index in [4.69, 9.17) is 4.74 Å². The number of hydrogen-bond acceptors (Lipinski definition) is 6. The molecule has 2 heterocycles. The number of carbonyl (C=O) groups excluding carboxylic acids is 2. The fourth-order valence-electron chi connectivity index (χ4n) is 3.10. The van der Waals surface area contributed by atoms with Gasteiger partial charge in [0.25, 0.3) is 0 Å². The Morgan fingerprint density at radius 3 is 2.51 bits per heavy atom. The predicted octanol–water partition coefficient (Wildman–Crippen LogP) is 4.16. The van der Waals surface area contributed by atoms with Gasteiger partial charge in [-0.3, -0.25) is 9.36 Å². The first-order chi connectivity index (χ1) is 16.5. The summed E-state index contributed by atoms with van der Waals surface area (Å²) in [6.45, 7) is 6.73. The first kappa shape index (κ1) is 25.9. The zero-order valence-electron chi connectivity index (χ0n) is 20.0. The number of hydrogen-bond donors (Lipinski definition) is 2. The molecule has 0 aliphatic heterocycles. The molecule has 11 heteroatoms. The van der Waals surface area contributed by atoms with E-state index >= 15 is 0 Å². The highest BCUT2D eigenvalue weighted by atomic mass is 32.1. The van der Waals surface area contributed by atoms with E-state index < -0.39 is 17.3 Å². The number of thiophene rings is 1. The standard InChI is InChI=1S/C24H28FN5O4S/c1-16(31)27-19-7-5-18(6-8-19)21-10-9-20(35-21)13-29-15-26-30(23(29)33)12-17(11-25)14-34-22(32)28-24(2,3)4/h5-11,15H,12-14H2,1-4H3,(H,27,31)(H,28,32)/b17-11-. The second-order valence-electron chi connectivity index (χ2n) is 8.94. The van der Waals surface area contributed by atoms with Crippen LogP contribution >= 0.6 is 11.3 Å². The quantitative estimate of drug-likeness (QED) is 0.482. The highest BCUT2D eigenvalue weighted by molar-refractivity contribution is 7.15. The minimum atomic E-state index is -0.673. The molecule has 1 aromatic carbocycles. The van der Waals surface area contributed by atoms with E-state index in [0.29, 0.717) is 12.9 Å². The molecule has 0 spiro atoms. The van der Waals surface area contributed by atoms with E-state index in [-0.39, 0.29) is 24.6 Å². The molecule has 35 heavy (non-hydrogen) atoms. The number of ether oxygens (including phenoxy) is 1. The topological polar surface area (TPSA) is 107 Å². The first-order valence-electron chi connectivity index (χ1n) is 10.9. The van der Waals surface area contributed by atoms with Crippen molar-refractivity contribution in [3.8, 4) is 10.4 Å². The lowest BCUT2D eigenvalue weighted by atomic mass is 10.1. The van der Waals surface area contributed by atoms with E-state index in [2.05, 4.69) is 15.7 Å². The summed E-state index contributed by atoms with van der Waals surface area (Å²) < 4.78 is 20.9. The summed E-state index contributed by atoms with van der Waals surface area (Å²) in [7, 11) is 0. The summed E-state index contributed by atoms with van der Waals surface area (Å²) in [5, 5.41) is 9.40. The van der Waals surface area contributed by atoms with Gasteiger partial charge in [-0.25, -0.2) is 18.7 Å². The third-order valence-corrected chi connectivity index (χ3v) is 5.77. The molecule has 3 aromatic rings. The van der Waals surface area contributed by atoms with Crippen LogP contribution in [0.25, 0.3) is 10.4 Å². The van der Waals surface area contributed by atoms with Gasteiger partial charge in [-0.2, -0.15) is 5.10 Å². The van der Waals surface area contributed by atoms with E-state index in [1.165, 1.54) is 29.2 Å². The Bertz CT molecular complexity index is 1270. The molecule has 0 saturated heterocycles. The maximum atomic E-state index is 13.3. The van der Waals surface area contributed by atoms with Gasteiger partial charge in [-0.15, -0.1) is 11.3 Å². The van der Waals surface area contributed by atoms with Crippen molar-refractivity contribution >= 4 is 29.0 Å². The lowest BCUT2D eigenvalue weighted by molar-refractivity contribution is -0.114. The Morgan fingerprint density at radius 2 is 1.89 bits per heavy atom. The van der Waals surface area contributed by atoms with Crippen molar-refractivity contribution in [3.63, 3.8) is 0 Å². The minimum Gasteiger partial charge on any atom is -0.445 e.